The van der Waals surface area contributed by atoms with E-state index in [0.717, 1.165) is 0 Å². The Kier molecular flexibility index (Phi) is 2.10. The minimum absolute atomic E-state index is 0.176. The molecule has 0 aromatic heterocycles. The maximum atomic E-state index is 11.2. The van der Waals surface area contributed by atoms with E-state index in [1.807, 2.05) is 0 Å². The molecule has 1 aliphatic rings. The van der Waals surface area contributed by atoms with Crippen LogP contribution in [0.25, 0.3) is 0 Å². The first-order valence-corrected chi connectivity index (χ1v) is 3.71. The van der Waals surface area contributed by atoms with Crippen molar-refractivity contribution < 1.29 is 9.90 Å². The molecule has 0 aromatic carbocycles. The summed E-state index contributed by atoms with van der Waals surface area (Å²) in [5.74, 6) is -0.176. The summed E-state index contributed by atoms with van der Waals surface area (Å²) in [5.41, 5.74) is 0. The molecule has 5 heteroatoms. The van der Waals surface area contributed by atoms with Crippen molar-refractivity contribution in [3.63, 3.8) is 0 Å². The van der Waals surface area contributed by atoms with E-state index in [2.05, 4.69) is 5.32 Å². The molecule has 1 amide bonds. The monoisotopic (exact) mass is 174 g/mol. The second-order valence-electron chi connectivity index (χ2n) is 2.57. The summed E-state index contributed by atoms with van der Waals surface area (Å²) in [6.07, 6.45) is -0.703. The molecule has 0 aromatic rings. The molecule has 1 aliphatic heterocycles. The van der Waals surface area contributed by atoms with E-state index in [-0.39, 0.29) is 5.91 Å². The van der Waals surface area contributed by atoms with Gasteiger partial charge in [-0.15, -0.1) is 0 Å². The van der Waals surface area contributed by atoms with Gasteiger partial charge >= 0.3 is 0 Å². The molecule has 62 valence electrons. The van der Waals surface area contributed by atoms with E-state index in [4.69, 9.17) is 17.3 Å². The van der Waals surface area contributed by atoms with E-state index in [9.17, 15) is 4.79 Å². The molecular formula is C6H10N2O2S. The highest BCUT2D eigenvalue weighted by Crippen LogP contribution is 2.06. The average molecular weight is 174 g/mol. The van der Waals surface area contributed by atoms with Gasteiger partial charge in [0.2, 0.25) is 0 Å². The number of amides is 1. The zero-order valence-corrected chi connectivity index (χ0v) is 7.18. The third-order valence-electron chi connectivity index (χ3n) is 1.66. The third-order valence-corrected chi connectivity index (χ3v) is 2.05. The molecule has 1 heterocycles. The molecular weight excluding hydrogens is 164 g/mol. The predicted octanol–water partition coefficient (Wildman–Crippen LogP) is -0.918. The van der Waals surface area contributed by atoms with Gasteiger partial charge in [-0.2, -0.15) is 0 Å². The van der Waals surface area contributed by atoms with Crippen LogP contribution < -0.4 is 5.32 Å². The Hall–Kier alpha value is -0.680. The number of rotatable bonds is 1. The molecule has 0 saturated carbocycles. The molecule has 0 radical (unpaired) electrons. The Balaban J connectivity index is 2.75. The van der Waals surface area contributed by atoms with Crippen LogP contribution in [0, 0.1) is 0 Å². The maximum Gasteiger partial charge on any atom is 0.253 e. The van der Waals surface area contributed by atoms with Crippen molar-refractivity contribution in [2.24, 2.45) is 0 Å². The first kappa shape index (κ1) is 8.42. The van der Waals surface area contributed by atoms with Crippen LogP contribution in [0.5, 0.6) is 0 Å². The molecule has 1 rings (SSSR count). The van der Waals surface area contributed by atoms with Gasteiger partial charge in [0.05, 0.1) is 6.10 Å². The van der Waals surface area contributed by atoms with E-state index in [0.29, 0.717) is 5.11 Å². The molecule has 2 atom stereocenters. The Bertz CT molecular complexity index is 205. The Morgan fingerprint density at radius 3 is 2.55 bits per heavy atom. The highest BCUT2D eigenvalue weighted by atomic mass is 32.1. The summed E-state index contributed by atoms with van der Waals surface area (Å²) >= 11 is 4.80. The standard InChI is InChI=1S/C6H10N2O2S/c1-3(9)4-5(10)8(2)6(11)7-4/h3-4,9H,1-2H3,(H,7,11)/t3-,4+/m0/s1. The van der Waals surface area contributed by atoms with E-state index in [1.165, 1.54) is 4.90 Å². The van der Waals surface area contributed by atoms with Gasteiger partial charge < -0.3 is 10.4 Å². The number of aliphatic hydroxyl groups excluding tert-OH is 1. The number of carbonyl (C=O) groups is 1. The lowest BCUT2D eigenvalue weighted by molar-refractivity contribution is -0.128. The smallest absolute Gasteiger partial charge is 0.253 e. The number of carbonyl (C=O) groups excluding carboxylic acids is 1. The van der Waals surface area contributed by atoms with Gasteiger partial charge in [0, 0.05) is 7.05 Å². The fraction of sp³-hybridized carbons (Fsp3) is 0.667. The molecule has 0 bridgehead atoms. The highest BCUT2D eigenvalue weighted by Gasteiger charge is 2.35. The van der Waals surface area contributed by atoms with Gasteiger partial charge in [-0.05, 0) is 19.1 Å². The summed E-state index contributed by atoms with van der Waals surface area (Å²) < 4.78 is 0. The molecule has 2 N–H and O–H groups in total. The van der Waals surface area contributed by atoms with E-state index >= 15 is 0 Å². The van der Waals surface area contributed by atoms with Gasteiger partial charge in [0.1, 0.15) is 6.04 Å². The summed E-state index contributed by atoms with van der Waals surface area (Å²) in [5, 5.41) is 12.2. The normalized spacial score (nSPS) is 27.2. The Morgan fingerprint density at radius 2 is 2.36 bits per heavy atom. The SMILES string of the molecule is C[C@H](O)[C@H]1NC(=S)N(C)C1=O. The number of nitrogens with one attached hydrogen (secondary N) is 1. The van der Waals surface area contributed by atoms with Gasteiger partial charge in [-0.3, -0.25) is 9.69 Å². The van der Waals surface area contributed by atoms with Crippen LogP contribution in [0.4, 0.5) is 0 Å². The molecule has 0 aliphatic carbocycles. The fourth-order valence-electron chi connectivity index (χ4n) is 0.927. The topological polar surface area (TPSA) is 52.6 Å². The van der Waals surface area contributed by atoms with Crippen LogP contribution in [-0.4, -0.2) is 40.2 Å². The summed E-state index contributed by atoms with van der Waals surface area (Å²) in [6.45, 7) is 1.55. The fourth-order valence-corrected chi connectivity index (χ4v) is 1.14. The number of nitrogens with zero attached hydrogens (tertiary/aromatic N) is 1. The largest absolute Gasteiger partial charge is 0.391 e. The predicted molar refractivity (Wildman–Crippen MR) is 44.0 cm³/mol. The van der Waals surface area contributed by atoms with Crippen LogP contribution >= 0.6 is 12.2 Å². The van der Waals surface area contributed by atoms with Crippen LogP contribution in [0.3, 0.4) is 0 Å². The zero-order chi connectivity index (χ0) is 8.59. The van der Waals surface area contributed by atoms with Crippen molar-refractivity contribution >= 4 is 23.2 Å². The van der Waals surface area contributed by atoms with Crippen LogP contribution in [0.15, 0.2) is 0 Å². The number of aliphatic hydroxyl groups is 1. The average Bonchev–Trinajstić information content (AvgIpc) is 2.17. The van der Waals surface area contributed by atoms with Crippen LogP contribution in [0.2, 0.25) is 0 Å². The van der Waals surface area contributed by atoms with E-state index in [1.54, 1.807) is 14.0 Å². The minimum Gasteiger partial charge on any atom is -0.391 e. The van der Waals surface area contributed by atoms with Gasteiger partial charge in [-0.25, -0.2) is 0 Å². The Morgan fingerprint density at radius 1 is 1.82 bits per heavy atom. The first-order valence-electron chi connectivity index (χ1n) is 3.30. The number of thiocarbonyl (C=S) groups is 1. The first-order chi connectivity index (χ1) is 5.04. The maximum absolute atomic E-state index is 11.2. The summed E-state index contributed by atoms with van der Waals surface area (Å²) in [4.78, 5) is 12.5. The lowest BCUT2D eigenvalue weighted by Gasteiger charge is -2.10. The minimum atomic E-state index is -0.703. The molecule has 0 unspecified atom stereocenters. The van der Waals surface area contributed by atoms with Crippen molar-refractivity contribution in [1.82, 2.24) is 10.2 Å². The number of hydrogen-bond acceptors (Lipinski definition) is 3. The summed E-state index contributed by atoms with van der Waals surface area (Å²) in [7, 11) is 1.58. The molecule has 4 nitrogen and oxygen atoms in total. The van der Waals surface area contributed by atoms with Crippen molar-refractivity contribution in [2.75, 3.05) is 7.05 Å². The van der Waals surface area contributed by atoms with Gasteiger partial charge in [0.25, 0.3) is 5.91 Å². The lowest BCUT2D eigenvalue weighted by atomic mass is 10.2. The van der Waals surface area contributed by atoms with E-state index < -0.39 is 12.1 Å². The molecule has 0 spiro atoms. The molecule has 11 heavy (non-hydrogen) atoms. The second kappa shape index (κ2) is 2.75. The summed E-state index contributed by atoms with van der Waals surface area (Å²) in [6, 6.07) is -0.563. The van der Waals surface area contributed by atoms with Crippen LogP contribution in [-0.2, 0) is 4.79 Å². The van der Waals surface area contributed by atoms with Gasteiger partial charge in [0.15, 0.2) is 5.11 Å². The lowest BCUT2D eigenvalue weighted by Crippen LogP contribution is -2.38. The van der Waals surface area contributed by atoms with Crippen molar-refractivity contribution in [2.45, 2.75) is 19.1 Å². The number of hydrogen-bond donors (Lipinski definition) is 2. The molecule has 1 saturated heterocycles. The second-order valence-corrected chi connectivity index (χ2v) is 2.95. The van der Waals surface area contributed by atoms with Crippen molar-refractivity contribution in [1.29, 1.82) is 0 Å². The highest BCUT2D eigenvalue weighted by molar-refractivity contribution is 7.80. The van der Waals surface area contributed by atoms with Gasteiger partial charge in [-0.1, -0.05) is 0 Å². The van der Waals surface area contributed by atoms with Crippen molar-refractivity contribution in [3.05, 3.63) is 0 Å². The zero-order valence-electron chi connectivity index (χ0n) is 6.37. The third kappa shape index (κ3) is 1.34. The van der Waals surface area contributed by atoms with Crippen LogP contribution in [0.1, 0.15) is 6.92 Å². The molecule has 1 fully saturated rings. The quantitative estimate of drug-likeness (QED) is 0.505. The van der Waals surface area contributed by atoms with Crippen molar-refractivity contribution in [3.8, 4) is 0 Å². The Labute approximate surface area is 70.2 Å². The number of likely N-dealkylation sites (N-methyl/N-ethyl adjacent to an activating group) is 1.